The monoisotopic (exact) mass is 327 g/mol. The Balaban J connectivity index is 2.35. The average molecular weight is 328 g/mol. The summed E-state index contributed by atoms with van der Waals surface area (Å²) in [4.78, 5) is 7.80. The highest BCUT2D eigenvalue weighted by Gasteiger charge is 2.20. The zero-order chi connectivity index (χ0) is 15.5. The van der Waals surface area contributed by atoms with Gasteiger partial charge in [0.05, 0.1) is 16.4 Å². The van der Waals surface area contributed by atoms with Gasteiger partial charge in [-0.05, 0) is 18.9 Å². The third-order valence-electron chi connectivity index (χ3n) is 2.76. The molecule has 2 rings (SSSR count). The Hall–Kier alpha value is -1.80. The maximum absolute atomic E-state index is 12.2. The van der Waals surface area contributed by atoms with E-state index >= 15 is 0 Å². The largest absolute Gasteiger partial charge is 0.267 e. The molecule has 0 bridgehead atoms. The second kappa shape index (κ2) is 6.31. The van der Waals surface area contributed by atoms with Crippen LogP contribution in [0.25, 0.3) is 0 Å². The van der Waals surface area contributed by atoms with E-state index < -0.39 is 10.0 Å². The van der Waals surface area contributed by atoms with Crippen molar-refractivity contribution in [3.8, 4) is 0 Å². The highest BCUT2D eigenvalue weighted by atomic mass is 35.5. The topological polar surface area (TPSA) is 97.7 Å². The SMILES string of the molecule is CCc1nnc(NS(=O)(=O)c2cnccc2Cl)nc1CC. The summed E-state index contributed by atoms with van der Waals surface area (Å²) in [5, 5.41) is 7.84. The van der Waals surface area contributed by atoms with Crippen LogP contribution in [0.5, 0.6) is 0 Å². The van der Waals surface area contributed by atoms with E-state index in [0.717, 1.165) is 5.69 Å². The maximum atomic E-state index is 12.2. The van der Waals surface area contributed by atoms with Crippen molar-refractivity contribution < 1.29 is 8.42 Å². The van der Waals surface area contributed by atoms with Crippen LogP contribution >= 0.6 is 11.6 Å². The summed E-state index contributed by atoms with van der Waals surface area (Å²) in [6.45, 7) is 3.85. The number of sulfonamides is 1. The van der Waals surface area contributed by atoms with Gasteiger partial charge in [-0.1, -0.05) is 25.4 Å². The fraction of sp³-hybridized carbons (Fsp3) is 0.333. The van der Waals surface area contributed by atoms with Crippen LogP contribution in [0.3, 0.4) is 0 Å². The molecule has 0 atom stereocenters. The lowest BCUT2D eigenvalue weighted by Crippen LogP contribution is -2.17. The number of pyridine rings is 1. The Morgan fingerprint density at radius 3 is 2.52 bits per heavy atom. The predicted molar refractivity (Wildman–Crippen MR) is 78.6 cm³/mol. The first kappa shape index (κ1) is 15.6. The van der Waals surface area contributed by atoms with Gasteiger partial charge in [0.25, 0.3) is 16.0 Å². The van der Waals surface area contributed by atoms with Crippen LogP contribution in [-0.4, -0.2) is 28.6 Å². The maximum Gasteiger partial charge on any atom is 0.267 e. The third-order valence-corrected chi connectivity index (χ3v) is 4.56. The molecule has 0 spiro atoms. The molecule has 2 aromatic heterocycles. The van der Waals surface area contributed by atoms with Gasteiger partial charge >= 0.3 is 0 Å². The van der Waals surface area contributed by atoms with Crippen molar-refractivity contribution in [1.82, 2.24) is 20.2 Å². The molecule has 0 saturated carbocycles. The average Bonchev–Trinajstić information content (AvgIpc) is 2.47. The number of aryl methyl sites for hydroxylation is 2. The molecular formula is C12H14ClN5O2S. The van der Waals surface area contributed by atoms with Crippen LogP contribution in [0.15, 0.2) is 23.4 Å². The van der Waals surface area contributed by atoms with Crippen LogP contribution in [-0.2, 0) is 22.9 Å². The van der Waals surface area contributed by atoms with Gasteiger partial charge < -0.3 is 0 Å². The third kappa shape index (κ3) is 3.45. The van der Waals surface area contributed by atoms with Crippen molar-refractivity contribution in [2.24, 2.45) is 0 Å². The zero-order valence-corrected chi connectivity index (χ0v) is 13.1. The summed E-state index contributed by atoms with van der Waals surface area (Å²) in [7, 11) is -3.90. The highest BCUT2D eigenvalue weighted by molar-refractivity contribution is 7.92. The Kier molecular flexibility index (Phi) is 4.69. The fourth-order valence-electron chi connectivity index (χ4n) is 1.72. The number of rotatable bonds is 5. The standard InChI is InChI=1S/C12H14ClN5O2S/c1-3-9-10(4-2)16-17-12(15-9)18-21(19,20)11-7-14-6-5-8(11)13/h5-7H,3-4H2,1-2H3,(H,15,17,18). The van der Waals surface area contributed by atoms with E-state index in [1.165, 1.54) is 18.5 Å². The van der Waals surface area contributed by atoms with Crippen LogP contribution in [0.2, 0.25) is 5.02 Å². The van der Waals surface area contributed by atoms with Crippen LogP contribution in [0.4, 0.5) is 5.95 Å². The van der Waals surface area contributed by atoms with Crippen molar-refractivity contribution in [1.29, 1.82) is 0 Å². The van der Waals surface area contributed by atoms with Gasteiger partial charge in [-0.15, -0.1) is 10.2 Å². The van der Waals surface area contributed by atoms with Gasteiger partial charge in [-0.3, -0.25) is 4.98 Å². The molecule has 2 aromatic rings. The molecule has 9 heteroatoms. The van der Waals surface area contributed by atoms with E-state index in [1.54, 1.807) is 0 Å². The molecule has 0 aromatic carbocycles. The molecule has 112 valence electrons. The summed E-state index contributed by atoms with van der Waals surface area (Å²) >= 11 is 5.87. The van der Waals surface area contributed by atoms with E-state index in [1.807, 2.05) is 13.8 Å². The van der Waals surface area contributed by atoms with E-state index in [4.69, 9.17) is 11.6 Å². The quantitative estimate of drug-likeness (QED) is 0.899. The number of anilines is 1. The predicted octanol–water partition coefficient (Wildman–Crippen LogP) is 1.85. The molecule has 0 amide bonds. The summed E-state index contributed by atoms with van der Waals surface area (Å²) in [6.07, 6.45) is 3.90. The van der Waals surface area contributed by atoms with E-state index in [-0.39, 0.29) is 15.9 Å². The summed E-state index contributed by atoms with van der Waals surface area (Å²) in [5.74, 6) is -0.0797. The molecule has 0 saturated heterocycles. The first-order valence-electron chi connectivity index (χ1n) is 6.32. The summed E-state index contributed by atoms with van der Waals surface area (Å²) in [6, 6.07) is 1.40. The first-order chi connectivity index (χ1) is 9.97. The minimum absolute atomic E-state index is 0.0753. The molecular weight excluding hydrogens is 314 g/mol. The number of aromatic nitrogens is 4. The number of hydrogen-bond acceptors (Lipinski definition) is 6. The van der Waals surface area contributed by atoms with Crippen molar-refractivity contribution >= 4 is 27.6 Å². The van der Waals surface area contributed by atoms with Crippen molar-refractivity contribution in [2.45, 2.75) is 31.6 Å². The first-order valence-corrected chi connectivity index (χ1v) is 8.18. The number of nitrogens with zero attached hydrogens (tertiary/aromatic N) is 4. The second-order valence-electron chi connectivity index (χ2n) is 4.15. The van der Waals surface area contributed by atoms with Crippen molar-refractivity contribution in [2.75, 3.05) is 4.72 Å². The van der Waals surface area contributed by atoms with Crippen LogP contribution in [0.1, 0.15) is 25.2 Å². The Labute approximate surface area is 127 Å². The van der Waals surface area contributed by atoms with Crippen molar-refractivity contribution in [3.05, 3.63) is 34.9 Å². The lowest BCUT2D eigenvalue weighted by atomic mass is 10.2. The van der Waals surface area contributed by atoms with Gasteiger partial charge in [-0.2, -0.15) is 0 Å². The molecule has 1 N–H and O–H groups in total. The number of nitrogens with one attached hydrogen (secondary N) is 1. The molecule has 0 unspecified atom stereocenters. The number of hydrogen-bond donors (Lipinski definition) is 1. The summed E-state index contributed by atoms with van der Waals surface area (Å²) in [5.41, 5.74) is 1.46. The lowest BCUT2D eigenvalue weighted by molar-refractivity contribution is 0.600. The molecule has 0 aliphatic heterocycles. The van der Waals surface area contributed by atoms with Gasteiger partial charge in [0.2, 0.25) is 0 Å². The van der Waals surface area contributed by atoms with Gasteiger partial charge in [-0.25, -0.2) is 18.1 Å². The minimum Gasteiger partial charge on any atom is -0.263 e. The molecule has 2 heterocycles. The summed E-state index contributed by atoms with van der Waals surface area (Å²) < 4.78 is 26.7. The smallest absolute Gasteiger partial charge is 0.263 e. The second-order valence-corrected chi connectivity index (χ2v) is 6.21. The van der Waals surface area contributed by atoms with Gasteiger partial charge in [0.15, 0.2) is 0 Å². The lowest BCUT2D eigenvalue weighted by Gasteiger charge is -2.09. The van der Waals surface area contributed by atoms with E-state index in [0.29, 0.717) is 18.5 Å². The minimum atomic E-state index is -3.90. The highest BCUT2D eigenvalue weighted by Crippen LogP contribution is 2.21. The van der Waals surface area contributed by atoms with Gasteiger partial charge in [0.1, 0.15) is 4.90 Å². The van der Waals surface area contributed by atoms with Crippen molar-refractivity contribution in [3.63, 3.8) is 0 Å². The van der Waals surface area contributed by atoms with E-state index in [9.17, 15) is 8.42 Å². The van der Waals surface area contributed by atoms with Crippen LogP contribution in [0, 0.1) is 0 Å². The molecule has 7 nitrogen and oxygen atoms in total. The molecule has 0 aliphatic carbocycles. The number of halogens is 1. The zero-order valence-electron chi connectivity index (χ0n) is 11.5. The Morgan fingerprint density at radius 1 is 1.19 bits per heavy atom. The molecule has 21 heavy (non-hydrogen) atoms. The van der Waals surface area contributed by atoms with Gasteiger partial charge in [0, 0.05) is 12.4 Å². The molecule has 0 aliphatic rings. The molecule has 0 fully saturated rings. The molecule has 0 radical (unpaired) electrons. The Bertz CT molecular complexity index is 751. The fourth-order valence-corrected chi connectivity index (χ4v) is 3.09. The normalized spacial score (nSPS) is 11.4. The van der Waals surface area contributed by atoms with E-state index in [2.05, 4.69) is 24.9 Å². The van der Waals surface area contributed by atoms with Crippen LogP contribution < -0.4 is 4.72 Å². The Morgan fingerprint density at radius 2 is 1.90 bits per heavy atom.